The number of amides is 1. The van der Waals surface area contributed by atoms with Crippen LogP contribution < -0.4 is 5.32 Å². The van der Waals surface area contributed by atoms with E-state index in [4.69, 9.17) is 0 Å². The first kappa shape index (κ1) is 13.3. The molecular formula is C15H17N3OS. The van der Waals surface area contributed by atoms with Crippen molar-refractivity contribution in [2.24, 2.45) is 5.92 Å². The zero-order chi connectivity index (χ0) is 13.9. The Morgan fingerprint density at radius 3 is 2.90 bits per heavy atom. The highest BCUT2D eigenvalue weighted by Gasteiger charge is 2.37. The molecule has 1 N–H and O–H groups in total. The summed E-state index contributed by atoms with van der Waals surface area (Å²) in [5.41, 5.74) is 1.29. The van der Waals surface area contributed by atoms with E-state index in [0.29, 0.717) is 23.6 Å². The fraction of sp³-hybridized carbons (Fsp3) is 0.333. The molecule has 104 valence electrons. The molecule has 0 aliphatic carbocycles. The SMILES string of the molecule is CC1CN(CC(=O)Nc2nccs2)C1c1ccccc1. The summed E-state index contributed by atoms with van der Waals surface area (Å²) in [5, 5.41) is 5.36. The molecule has 2 unspecified atom stereocenters. The van der Waals surface area contributed by atoms with Gasteiger partial charge in [-0.15, -0.1) is 11.3 Å². The van der Waals surface area contributed by atoms with Crippen LogP contribution in [-0.2, 0) is 4.79 Å². The highest BCUT2D eigenvalue weighted by Crippen LogP contribution is 2.37. The molecule has 1 aliphatic heterocycles. The Morgan fingerprint density at radius 2 is 2.25 bits per heavy atom. The van der Waals surface area contributed by atoms with Gasteiger partial charge in [-0.2, -0.15) is 0 Å². The zero-order valence-corrected chi connectivity index (χ0v) is 12.1. The van der Waals surface area contributed by atoms with Crippen LogP contribution in [0.1, 0.15) is 18.5 Å². The Morgan fingerprint density at radius 1 is 1.45 bits per heavy atom. The van der Waals surface area contributed by atoms with Crippen LogP contribution in [0.15, 0.2) is 41.9 Å². The summed E-state index contributed by atoms with van der Waals surface area (Å²) in [5.74, 6) is 0.595. The molecule has 1 fully saturated rings. The summed E-state index contributed by atoms with van der Waals surface area (Å²) in [6.45, 7) is 3.61. The smallest absolute Gasteiger partial charge is 0.240 e. The van der Waals surface area contributed by atoms with Crippen LogP contribution in [0.2, 0.25) is 0 Å². The Labute approximate surface area is 122 Å². The van der Waals surface area contributed by atoms with Gasteiger partial charge in [0.25, 0.3) is 0 Å². The highest BCUT2D eigenvalue weighted by atomic mass is 32.1. The number of hydrogen-bond acceptors (Lipinski definition) is 4. The number of carbonyl (C=O) groups is 1. The molecule has 3 rings (SSSR count). The number of benzene rings is 1. The molecule has 1 amide bonds. The zero-order valence-electron chi connectivity index (χ0n) is 11.3. The topological polar surface area (TPSA) is 45.2 Å². The Hall–Kier alpha value is -1.72. The van der Waals surface area contributed by atoms with E-state index in [2.05, 4.69) is 34.3 Å². The summed E-state index contributed by atoms with van der Waals surface area (Å²) < 4.78 is 0. The van der Waals surface area contributed by atoms with Gasteiger partial charge in [0.05, 0.1) is 6.54 Å². The van der Waals surface area contributed by atoms with Crippen molar-refractivity contribution in [3.8, 4) is 0 Å². The maximum Gasteiger partial charge on any atom is 0.240 e. The van der Waals surface area contributed by atoms with Gasteiger partial charge in [0, 0.05) is 24.2 Å². The molecule has 5 heteroatoms. The largest absolute Gasteiger partial charge is 0.301 e. The van der Waals surface area contributed by atoms with E-state index in [1.54, 1.807) is 6.20 Å². The third-order valence-electron chi connectivity index (χ3n) is 3.62. The molecule has 20 heavy (non-hydrogen) atoms. The number of rotatable bonds is 4. The standard InChI is InChI=1S/C15H17N3OS/c1-11-9-18(14(11)12-5-3-2-4-6-12)10-13(19)17-15-16-7-8-20-15/h2-8,11,14H,9-10H2,1H3,(H,16,17,19). The minimum absolute atomic E-state index is 0.00720. The summed E-state index contributed by atoms with van der Waals surface area (Å²) >= 11 is 1.44. The van der Waals surface area contributed by atoms with Crippen LogP contribution in [0.25, 0.3) is 0 Å². The quantitative estimate of drug-likeness (QED) is 0.940. The minimum atomic E-state index is 0.00720. The third-order valence-corrected chi connectivity index (χ3v) is 4.31. The second kappa shape index (κ2) is 5.73. The molecule has 4 nitrogen and oxygen atoms in total. The number of carbonyl (C=O) groups excluding carboxylic acids is 1. The van der Waals surface area contributed by atoms with Crippen LogP contribution in [0.5, 0.6) is 0 Å². The Balaban J connectivity index is 1.62. The second-order valence-corrected chi connectivity index (χ2v) is 6.04. The van der Waals surface area contributed by atoms with Crippen LogP contribution in [0, 0.1) is 5.92 Å². The van der Waals surface area contributed by atoms with Crippen molar-refractivity contribution in [2.45, 2.75) is 13.0 Å². The normalized spacial score (nSPS) is 22.2. The Kier molecular flexibility index (Phi) is 3.80. The molecule has 2 aromatic rings. The van der Waals surface area contributed by atoms with E-state index in [1.807, 2.05) is 23.6 Å². The number of aromatic nitrogens is 1. The minimum Gasteiger partial charge on any atom is -0.301 e. The number of thiazole rings is 1. The van der Waals surface area contributed by atoms with Crippen molar-refractivity contribution in [3.05, 3.63) is 47.5 Å². The van der Waals surface area contributed by atoms with Crippen molar-refractivity contribution in [1.82, 2.24) is 9.88 Å². The number of anilines is 1. The highest BCUT2D eigenvalue weighted by molar-refractivity contribution is 7.13. The van der Waals surface area contributed by atoms with Crippen LogP contribution in [0.3, 0.4) is 0 Å². The molecule has 1 saturated heterocycles. The van der Waals surface area contributed by atoms with Gasteiger partial charge in [0.1, 0.15) is 0 Å². The van der Waals surface area contributed by atoms with Crippen molar-refractivity contribution >= 4 is 22.4 Å². The third kappa shape index (κ3) is 2.73. The number of likely N-dealkylation sites (tertiary alicyclic amines) is 1. The Bertz CT molecular complexity index is 570. The lowest BCUT2D eigenvalue weighted by Gasteiger charge is -2.46. The van der Waals surface area contributed by atoms with Crippen molar-refractivity contribution in [2.75, 3.05) is 18.4 Å². The monoisotopic (exact) mass is 287 g/mol. The van der Waals surface area contributed by atoms with E-state index in [9.17, 15) is 4.79 Å². The van der Waals surface area contributed by atoms with Gasteiger partial charge in [-0.05, 0) is 11.5 Å². The van der Waals surface area contributed by atoms with Gasteiger partial charge in [0.15, 0.2) is 5.13 Å². The lowest BCUT2D eigenvalue weighted by molar-refractivity contribution is -0.120. The summed E-state index contributed by atoms with van der Waals surface area (Å²) in [6, 6.07) is 10.7. The molecule has 1 aromatic carbocycles. The van der Waals surface area contributed by atoms with Crippen molar-refractivity contribution < 1.29 is 4.79 Å². The molecule has 2 heterocycles. The van der Waals surface area contributed by atoms with Gasteiger partial charge in [-0.3, -0.25) is 9.69 Å². The predicted molar refractivity (Wildman–Crippen MR) is 80.7 cm³/mol. The summed E-state index contributed by atoms with van der Waals surface area (Å²) in [6.07, 6.45) is 1.69. The van der Waals surface area contributed by atoms with Crippen LogP contribution in [-0.4, -0.2) is 28.9 Å². The molecule has 1 aliphatic rings. The predicted octanol–water partition coefficient (Wildman–Crippen LogP) is 2.77. The van der Waals surface area contributed by atoms with Crippen molar-refractivity contribution in [1.29, 1.82) is 0 Å². The van der Waals surface area contributed by atoms with E-state index in [-0.39, 0.29) is 5.91 Å². The fourth-order valence-electron chi connectivity index (χ4n) is 2.79. The van der Waals surface area contributed by atoms with E-state index in [1.165, 1.54) is 16.9 Å². The molecule has 1 aromatic heterocycles. The van der Waals surface area contributed by atoms with Gasteiger partial charge >= 0.3 is 0 Å². The average molecular weight is 287 g/mol. The molecule has 0 saturated carbocycles. The van der Waals surface area contributed by atoms with Crippen LogP contribution in [0.4, 0.5) is 5.13 Å². The first-order valence-electron chi connectivity index (χ1n) is 6.72. The van der Waals surface area contributed by atoms with Gasteiger partial charge < -0.3 is 5.32 Å². The van der Waals surface area contributed by atoms with E-state index >= 15 is 0 Å². The number of hydrogen-bond donors (Lipinski definition) is 1. The molecule has 0 bridgehead atoms. The average Bonchev–Trinajstić information content (AvgIpc) is 2.92. The number of nitrogens with zero attached hydrogens (tertiary/aromatic N) is 2. The first-order chi connectivity index (χ1) is 9.74. The molecular weight excluding hydrogens is 270 g/mol. The molecule has 2 atom stereocenters. The first-order valence-corrected chi connectivity index (χ1v) is 7.60. The molecule has 0 spiro atoms. The van der Waals surface area contributed by atoms with E-state index < -0.39 is 0 Å². The maximum absolute atomic E-state index is 12.0. The number of nitrogens with one attached hydrogen (secondary N) is 1. The van der Waals surface area contributed by atoms with Crippen LogP contribution >= 0.6 is 11.3 Å². The fourth-order valence-corrected chi connectivity index (χ4v) is 3.33. The van der Waals surface area contributed by atoms with E-state index in [0.717, 1.165) is 6.54 Å². The van der Waals surface area contributed by atoms with Crippen molar-refractivity contribution in [3.63, 3.8) is 0 Å². The lowest BCUT2D eigenvalue weighted by Crippen LogP contribution is -2.51. The summed E-state index contributed by atoms with van der Waals surface area (Å²) in [7, 11) is 0. The van der Waals surface area contributed by atoms with Gasteiger partial charge in [0.2, 0.25) is 5.91 Å². The van der Waals surface area contributed by atoms with Gasteiger partial charge in [-0.25, -0.2) is 4.98 Å². The maximum atomic E-state index is 12.0. The molecule has 0 radical (unpaired) electrons. The second-order valence-electron chi connectivity index (χ2n) is 5.15. The lowest BCUT2D eigenvalue weighted by atomic mass is 9.85. The summed E-state index contributed by atoms with van der Waals surface area (Å²) in [4.78, 5) is 18.3. The van der Waals surface area contributed by atoms with Gasteiger partial charge in [-0.1, -0.05) is 37.3 Å².